The van der Waals surface area contributed by atoms with Crippen molar-refractivity contribution in [3.8, 4) is 0 Å². The highest BCUT2D eigenvalue weighted by molar-refractivity contribution is 6.33. The second kappa shape index (κ2) is 6.56. The van der Waals surface area contributed by atoms with E-state index >= 15 is 0 Å². The zero-order valence-corrected chi connectivity index (χ0v) is 12.6. The van der Waals surface area contributed by atoms with Crippen LogP contribution in [0.5, 0.6) is 0 Å². The van der Waals surface area contributed by atoms with Gasteiger partial charge in [-0.1, -0.05) is 44.7 Å². The Hall–Kier alpha value is -0.830. The predicted molar refractivity (Wildman–Crippen MR) is 77.6 cm³/mol. The maximum absolute atomic E-state index is 12.7. The molecule has 3 nitrogen and oxygen atoms in total. The highest BCUT2D eigenvalue weighted by Gasteiger charge is 2.30. The molecule has 2 atom stereocenters. The standard InChI is InChI=1S/C15H23ClN2O/c1-3-8-18-14(13(16)10-17-18)15(19)12-7-5-6-11(4-2)9-12/h10-12H,3-9H2,1-2H3. The van der Waals surface area contributed by atoms with Gasteiger partial charge in [0.25, 0.3) is 0 Å². The molecule has 19 heavy (non-hydrogen) atoms. The lowest BCUT2D eigenvalue weighted by Gasteiger charge is -2.27. The Morgan fingerprint density at radius 3 is 2.95 bits per heavy atom. The minimum absolute atomic E-state index is 0.142. The maximum Gasteiger partial charge on any atom is 0.185 e. The van der Waals surface area contributed by atoms with Gasteiger partial charge in [-0.15, -0.1) is 0 Å². The molecule has 1 fully saturated rings. The minimum Gasteiger partial charge on any atom is -0.292 e. The molecular weight excluding hydrogens is 260 g/mol. The number of rotatable bonds is 5. The molecule has 1 aliphatic carbocycles. The van der Waals surface area contributed by atoms with Crippen LogP contribution in [0, 0.1) is 11.8 Å². The first-order chi connectivity index (χ1) is 9.17. The monoisotopic (exact) mass is 282 g/mol. The van der Waals surface area contributed by atoms with Crippen LogP contribution in [-0.4, -0.2) is 15.6 Å². The highest BCUT2D eigenvalue weighted by atomic mass is 35.5. The van der Waals surface area contributed by atoms with Crippen molar-refractivity contribution in [3.05, 3.63) is 16.9 Å². The van der Waals surface area contributed by atoms with Gasteiger partial charge in [-0.3, -0.25) is 9.48 Å². The van der Waals surface area contributed by atoms with E-state index in [1.54, 1.807) is 10.9 Å². The van der Waals surface area contributed by atoms with Crippen molar-refractivity contribution in [2.24, 2.45) is 11.8 Å². The van der Waals surface area contributed by atoms with Gasteiger partial charge in [-0.25, -0.2) is 0 Å². The fourth-order valence-corrected chi connectivity index (χ4v) is 3.32. The minimum atomic E-state index is 0.142. The van der Waals surface area contributed by atoms with Gasteiger partial charge in [0.2, 0.25) is 0 Å². The second-order valence-corrected chi connectivity index (χ2v) is 5.97. The summed E-state index contributed by atoms with van der Waals surface area (Å²) in [6.45, 7) is 5.06. The lowest BCUT2D eigenvalue weighted by molar-refractivity contribution is 0.0850. The quantitative estimate of drug-likeness (QED) is 0.753. The van der Waals surface area contributed by atoms with E-state index < -0.39 is 0 Å². The third kappa shape index (κ3) is 3.19. The fourth-order valence-electron chi connectivity index (χ4n) is 3.08. The molecule has 0 bridgehead atoms. The number of halogens is 1. The molecule has 0 spiro atoms. The number of ketones is 1. The summed E-state index contributed by atoms with van der Waals surface area (Å²) in [5.74, 6) is 1.04. The summed E-state index contributed by atoms with van der Waals surface area (Å²) in [6, 6.07) is 0. The van der Waals surface area contributed by atoms with Crippen molar-refractivity contribution in [1.82, 2.24) is 9.78 Å². The van der Waals surface area contributed by atoms with Crippen molar-refractivity contribution in [2.45, 2.75) is 58.9 Å². The molecule has 106 valence electrons. The fraction of sp³-hybridized carbons (Fsp3) is 0.733. The number of hydrogen-bond donors (Lipinski definition) is 0. The van der Waals surface area contributed by atoms with Crippen LogP contribution in [0.4, 0.5) is 0 Å². The molecule has 1 aromatic rings. The third-order valence-corrected chi connectivity index (χ3v) is 4.47. The van der Waals surface area contributed by atoms with Crippen LogP contribution >= 0.6 is 11.6 Å². The lowest BCUT2D eigenvalue weighted by Crippen LogP contribution is -2.25. The van der Waals surface area contributed by atoms with Gasteiger partial charge >= 0.3 is 0 Å². The summed E-state index contributed by atoms with van der Waals surface area (Å²) in [6.07, 6.45) is 8.18. The first-order valence-electron chi connectivity index (χ1n) is 7.42. The molecule has 4 heteroatoms. The van der Waals surface area contributed by atoms with Gasteiger partial charge in [0.05, 0.1) is 11.2 Å². The van der Waals surface area contributed by atoms with Crippen molar-refractivity contribution in [1.29, 1.82) is 0 Å². The van der Waals surface area contributed by atoms with Crippen molar-refractivity contribution < 1.29 is 4.79 Å². The summed E-state index contributed by atoms with van der Waals surface area (Å²) >= 11 is 6.16. The first-order valence-corrected chi connectivity index (χ1v) is 7.80. The molecular formula is C15H23ClN2O. The van der Waals surface area contributed by atoms with E-state index in [1.807, 2.05) is 0 Å². The Bertz CT molecular complexity index is 441. The smallest absolute Gasteiger partial charge is 0.185 e. The molecule has 0 amide bonds. The number of aryl methyl sites for hydroxylation is 1. The van der Waals surface area contributed by atoms with E-state index in [0.717, 1.165) is 32.2 Å². The molecule has 1 heterocycles. The van der Waals surface area contributed by atoms with E-state index in [2.05, 4.69) is 18.9 Å². The topological polar surface area (TPSA) is 34.9 Å². The van der Waals surface area contributed by atoms with Crippen LogP contribution in [0.15, 0.2) is 6.20 Å². The van der Waals surface area contributed by atoms with E-state index in [9.17, 15) is 4.79 Å². The van der Waals surface area contributed by atoms with E-state index in [0.29, 0.717) is 16.6 Å². The Kier molecular flexibility index (Phi) is 5.03. The summed E-state index contributed by atoms with van der Waals surface area (Å²) in [7, 11) is 0. The largest absolute Gasteiger partial charge is 0.292 e. The zero-order valence-electron chi connectivity index (χ0n) is 11.9. The molecule has 1 saturated carbocycles. The molecule has 0 radical (unpaired) electrons. The zero-order chi connectivity index (χ0) is 13.8. The summed E-state index contributed by atoms with van der Waals surface area (Å²) in [5, 5.41) is 4.74. The highest BCUT2D eigenvalue weighted by Crippen LogP contribution is 2.34. The van der Waals surface area contributed by atoms with Crippen LogP contribution in [0.25, 0.3) is 0 Å². The number of aromatic nitrogens is 2. The van der Waals surface area contributed by atoms with Crippen molar-refractivity contribution in [2.75, 3.05) is 0 Å². The summed E-state index contributed by atoms with van der Waals surface area (Å²) in [5.41, 5.74) is 0.630. The Morgan fingerprint density at radius 1 is 1.47 bits per heavy atom. The van der Waals surface area contributed by atoms with Gasteiger partial charge in [-0.2, -0.15) is 5.10 Å². The van der Waals surface area contributed by atoms with Crippen LogP contribution < -0.4 is 0 Å². The Morgan fingerprint density at radius 2 is 2.26 bits per heavy atom. The average Bonchev–Trinajstić information content (AvgIpc) is 2.79. The van der Waals surface area contributed by atoms with Gasteiger partial charge in [0, 0.05) is 12.5 Å². The summed E-state index contributed by atoms with van der Waals surface area (Å²) < 4.78 is 1.78. The van der Waals surface area contributed by atoms with Crippen LogP contribution in [0.3, 0.4) is 0 Å². The maximum atomic E-state index is 12.7. The average molecular weight is 283 g/mol. The molecule has 0 aliphatic heterocycles. The van der Waals surface area contributed by atoms with Crippen molar-refractivity contribution in [3.63, 3.8) is 0 Å². The number of nitrogens with zero attached hydrogens (tertiary/aromatic N) is 2. The van der Waals surface area contributed by atoms with Gasteiger partial charge < -0.3 is 0 Å². The Labute approximate surface area is 120 Å². The number of hydrogen-bond acceptors (Lipinski definition) is 2. The molecule has 0 N–H and O–H groups in total. The number of Topliss-reactive ketones (excluding diaryl/α,β-unsaturated/α-hetero) is 1. The van der Waals surface area contributed by atoms with E-state index in [1.165, 1.54) is 12.8 Å². The van der Waals surface area contributed by atoms with Gasteiger partial charge in [-0.05, 0) is 25.2 Å². The summed E-state index contributed by atoms with van der Waals surface area (Å²) in [4.78, 5) is 12.7. The SMILES string of the molecule is CCCn1ncc(Cl)c1C(=O)C1CCCC(CC)C1. The Balaban J connectivity index is 2.16. The number of carbonyl (C=O) groups excluding carboxylic acids is 1. The normalized spacial score (nSPS) is 23.5. The molecule has 1 aromatic heterocycles. The second-order valence-electron chi connectivity index (χ2n) is 5.57. The predicted octanol–water partition coefficient (Wildman–Crippen LogP) is 4.35. The lowest BCUT2D eigenvalue weighted by atomic mass is 9.77. The first kappa shape index (κ1) is 14.6. The molecule has 2 unspecified atom stereocenters. The van der Waals surface area contributed by atoms with Crippen LogP contribution in [0.2, 0.25) is 5.02 Å². The van der Waals surface area contributed by atoms with E-state index in [-0.39, 0.29) is 11.7 Å². The number of carbonyl (C=O) groups is 1. The van der Waals surface area contributed by atoms with E-state index in [4.69, 9.17) is 11.6 Å². The molecule has 2 rings (SSSR count). The molecule has 0 saturated heterocycles. The third-order valence-electron chi connectivity index (χ3n) is 4.19. The van der Waals surface area contributed by atoms with Gasteiger partial charge in [0.15, 0.2) is 5.78 Å². The molecule has 1 aliphatic rings. The van der Waals surface area contributed by atoms with Crippen molar-refractivity contribution >= 4 is 17.4 Å². The van der Waals surface area contributed by atoms with Crippen LogP contribution in [-0.2, 0) is 6.54 Å². The van der Waals surface area contributed by atoms with Gasteiger partial charge in [0.1, 0.15) is 5.69 Å². The van der Waals surface area contributed by atoms with Crippen LogP contribution in [0.1, 0.15) is 62.9 Å². The molecule has 0 aromatic carbocycles.